The Morgan fingerprint density at radius 3 is 2.86 bits per heavy atom. The van der Waals surface area contributed by atoms with Crippen LogP contribution in [0.25, 0.3) is 11.1 Å². The van der Waals surface area contributed by atoms with E-state index >= 15 is 0 Å². The Balaban J connectivity index is 2.12. The summed E-state index contributed by atoms with van der Waals surface area (Å²) in [4.78, 5) is 13.9. The van der Waals surface area contributed by atoms with E-state index in [-0.39, 0.29) is 6.04 Å². The van der Waals surface area contributed by atoms with E-state index in [2.05, 4.69) is 26.2 Å². The average molecular weight is 368 g/mol. The van der Waals surface area contributed by atoms with Crippen LogP contribution in [0.4, 0.5) is 0 Å². The molecule has 0 amide bonds. The monoisotopic (exact) mass is 366 g/mol. The van der Waals surface area contributed by atoms with E-state index in [1.165, 1.54) is 0 Å². The molecule has 0 spiro atoms. The second-order valence-electron chi connectivity index (χ2n) is 4.66. The fourth-order valence-electron chi connectivity index (χ4n) is 2.38. The first-order chi connectivity index (χ1) is 10.1. The molecule has 4 nitrogen and oxygen atoms in total. The number of rotatable bonds is 3. The van der Waals surface area contributed by atoms with Gasteiger partial charge in [-0.1, -0.05) is 33.6 Å². The minimum absolute atomic E-state index is 0.0670. The minimum atomic E-state index is -0.452. The maximum absolute atomic E-state index is 11.2. The number of hydrogen-bond donors (Lipinski definition) is 2. The van der Waals surface area contributed by atoms with Gasteiger partial charge >= 0.3 is 5.76 Å². The fraction of sp³-hybridized carbons (Fsp3) is 0.133. The number of nitrogens with one attached hydrogen (secondary N) is 2. The predicted octanol–water partition coefficient (Wildman–Crippen LogP) is 3.85. The van der Waals surface area contributed by atoms with Crippen LogP contribution in [-0.4, -0.2) is 12.0 Å². The molecule has 1 aromatic heterocycles. The summed E-state index contributed by atoms with van der Waals surface area (Å²) in [6, 6.07) is 11.2. The lowest BCUT2D eigenvalue weighted by molar-refractivity contribution is 0.554. The van der Waals surface area contributed by atoms with Gasteiger partial charge in [-0.3, -0.25) is 4.98 Å². The van der Waals surface area contributed by atoms with Crippen LogP contribution >= 0.6 is 27.5 Å². The van der Waals surface area contributed by atoms with E-state index < -0.39 is 5.76 Å². The summed E-state index contributed by atoms with van der Waals surface area (Å²) < 4.78 is 6.08. The summed E-state index contributed by atoms with van der Waals surface area (Å²) in [5.74, 6) is -0.452. The third kappa shape index (κ3) is 2.77. The molecule has 2 N–H and O–H groups in total. The molecule has 6 heteroatoms. The van der Waals surface area contributed by atoms with E-state index in [9.17, 15) is 4.79 Å². The van der Waals surface area contributed by atoms with Gasteiger partial charge in [0.15, 0.2) is 5.58 Å². The van der Waals surface area contributed by atoms with Crippen LogP contribution in [-0.2, 0) is 0 Å². The van der Waals surface area contributed by atoms with Crippen molar-refractivity contribution in [3.63, 3.8) is 0 Å². The van der Waals surface area contributed by atoms with Gasteiger partial charge in [-0.05, 0) is 48.5 Å². The van der Waals surface area contributed by atoms with Gasteiger partial charge in [0.05, 0.1) is 11.6 Å². The predicted molar refractivity (Wildman–Crippen MR) is 86.9 cm³/mol. The minimum Gasteiger partial charge on any atom is -0.408 e. The standard InChI is InChI=1S/C15H12BrClN2O2/c1-18-14(10-7-9(17)3-4-11(10)16)8-2-5-12-13(6-8)21-15(20)19-12/h2-7,14,18H,1H3,(H,19,20). The van der Waals surface area contributed by atoms with Crippen molar-refractivity contribution in [3.05, 3.63) is 67.6 Å². The molecule has 3 aromatic rings. The second-order valence-corrected chi connectivity index (χ2v) is 5.95. The first kappa shape index (κ1) is 14.4. The lowest BCUT2D eigenvalue weighted by Crippen LogP contribution is -2.18. The smallest absolute Gasteiger partial charge is 0.408 e. The van der Waals surface area contributed by atoms with Crippen LogP contribution in [0.15, 0.2) is 50.1 Å². The third-order valence-corrected chi connectivity index (χ3v) is 4.29. The van der Waals surface area contributed by atoms with Gasteiger partial charge in [0, 0.05) is 9.50 Å². The SMILES string of the molecule is CNC(c1ccc2[nH]c(=O)oc2c1)c1cc(Cl)ccc1Br. The number of aromatic amines is 1. The Kier molecular flexibility index (Phi) is 3.89. The molecule has 0 fully saturated rings. The number of fused-ring (bicyclic) bond motifs is 1. The maximum Gasteiger partial charge on any atom is 0.417 e. The van der Waals surface area contributed by atoms with Crippen molar-refractivity contribution >= 4 is 38.6 Å². The quantitative estimate of drug-likeness (QED) is 0.739. The van der Waals surface area contributed by atoms with E-state index in [1.54, 1.807) is 0 Å². The molecule has 108 valence electrons. The van der Waals surface area contributed by atoms with Crippen molar-refractivity contribution < 1.29 is 4.42 Å². The van der Waals surface area contributed by atoms with Gasteiger partial charge in [-0.2, -0.15) is 0 Å². The molecule has 0 bridgehead atoms. The highest BCUT2D eigenvalue weighted by Gasteiger charge is 2.16. The van der Waals surface area contributed by atoms with E-state index in [4.69, 9.17) is 16.0 Å². The molecule has 0 saturated carbocycles. The first-order valence-electron chi connectivity index (χ1n) is 6.33. The van der Waals surface area contributed by atoms with Crippen molar-refractivity contribution in [3.8, 4) is 0 Å². The Morgan fingerprint density at radius 1 is 1.29 bits per heavy atom. The van der Waals surface area contributed by atoms with Gasteiger partial charge in [0.1, 0.15) is 0 Å². The van der Waals surface area contributed by atoms with Crippen molar-refractivity contribution in [1.82, 2.24) is 10.3 Å². The van der Waals surface area contributed by atoms with Crippen LogP contribution in [0, 0.1) is 0 Å². The molecular weight excluding hydrogens is 356 g/mol. The van der Waals surface area contributed by atoms with Crippen LogP contribution in [0.1, 0.15) is 17.2 Å². The van der Waals surface area contributed by atoms with Crippen molar-refractivity contribution in [2.75, 3.05) is 7.05 Å². The summed E-state index contributed by atoms with van der Waals surface area (Å²) in [7, 11) is 1.87. The summed E-state index contributed by atoms with van der Waals surface area (Å²) >= 11 is 9.64. The molecular formula is C15H12BrClN2O2. The average Bonchev–Trinajstić information content (AvgIpc) is 2.83. The first-order valence-corrected chi connectivity index (χ1v) is 7.50. The van der Waals surface area contributed by atoms with Gasteiger partial charge in [-0.15, -0.1) is 0 Å². The Bertz CT molecular complexity index is 856. The molecule has 2 aromatic carbocycles. The van der Waals surface area contributed by atoms with Crippen LogP contribution < -0.4 is 11.1 Å². The van der Waals surface area contributed by atoms with Gasteiger partial charge in [0.2, 0.25) is 0 Å². The largest absolute Gasteiger partial charge is 0.417 e. The molecule has 0 aliphatic heterocycles. The highest BCUT2D eigenvalue weighted by Crippen LogP contribution is 2.31. The number of halogens is 2. The zero-order valence-electron chi connectivity index (χ0n) is 11.1. The van der Waals surface area contributed by atoms with Gasteiger partial charge in [0.25, 0.3) is 0 Å². The van der Waals surface area contributed by atoms with Crippen LogP contribution in [0.2, 0.25) is 5.02 Å². The molecule has 1 atom stereocenters. The van der Waals surface area contributed by atoms with E-state index in [0.717, 1.165) is 15.6 Å². The van der Waals surface area contributed by atoms with Crippen LogP contribution in [0.3, 0.4) is 0 Å². The molecule has 1 unspecified atom stereocenters. The summed E-state index contributed by atoms with van der Waals surface area (Å²) in [6.45, 7) is 0. The topological polar surface area (TPSA) is 58.0 Å². The molecule has 1 heterocycles. The summed E-state index contributed by atoms with van der Waals surface area (Å²) in [5, 5.41) is 3.92. The Labute approximate surface area is 134 Å². The van der Waals surface area contributed by atoms with Gasteiger partial charge in [-0.25, -0.2) is 4.79 Å². The van der Waals surface area contributed by atoms with E-state index in [0.29, 0.717) is 16.1 Å². The lowest BCUT2D eigenvalue weighted by atomic mass is 9.98. The highest BCUT2D eigenvalue weighted by atomic mass is 79.9. The number of H-pyrrole nitrogens is 1. The van der Waals surface area contributed by atoms with Crippen molar-refractivity contribution in [1.29, 1.82) is 0 Å². The number of oxazole rings is 1. The highest BCUT2D eigenvalue weighted by molar-refractivity contribution is 9.10. The van der Waals surface area contributed by atoms with Crippen LogP contribution in [0.5, 0.6) is 0 Å². The number of hydrogen-bond acceptors (Lipinski definition) is 3. The molecule has 0 aliphatic rings. The molecule has 21 heavy (non-hydrogen) atoms. The maximum atomic E-state index is 11.2. The summed E-state index contributed by atoms with van der Waals surface area (Å²) in [6.07, 6.45) is 0. The van der Waals surface area contributed by atoms with Crippen molar-refractivity contribution in [2.45, 2.75) is 6.04 Å². The zero-order chi connectivity index (χ0) is 15.0. The number of benzene rings is 2. The molecule has 0 radical (unpaired) electrons. The van der Waals surface area contributed by atoms with Crippen molar-refractivity contribution in [2.24, 2.45) is 0 Å². The summed E-state index contributed by atoms with van der Waals surface area (Å²) in [5.41, 5.74) is 3.22. The Morgan fingerprint density at radius 2 is 2.10 bits per heavy atom. The molecule has 0 saturated heterocycles. The van der Waals surface area contributed by atoms with E-state index in [1.807, 2.05) is 43.4 Å². The second kappa shape index (κ2) is 5.67. The molecule has 0 aliphatic carbocycles. The molecule has 3 rings (SSSR count). The fourth-order valence-corrected chi connectivity index (χ4v) is 3.04. The number of aromatic nitrogens is 1. The zero-order valence-corrected chi connectivity index (χ0v) is 13.5. The Hall–Kier alpha value is -1.56. The lowest BCUT2D eigenvalue weighted by Gasteiger charge is -2.19. The third-order valence-electron chi connectivity index (χ3n) is 3.34. The van der Waals surface area contributed by atoms with Gasteiger partial charge < -0.3 is 9.73 Å². The normalized spacial score (nSPS) is 12.7.